The Morgan fingerprint density at radius 3 is 2.13 bits per heavy atom. The minimum absolute atomic E-state index is 0.132. The van der Waals surface area contributed by atoms with Crippen LogP contribution in [0.1, 0.15) is 16.1 Å². The highest BCUT2D eigenvalue weighted by molar-refractivity contribution is 5.92. The van der Waals surface area contributed by atoms with Gasteiger partial charge in [0.2, 0.25) is 0 Å². The number of aromatic nitrogens is 2. The maximum absolute atomic E-state index is 13.1. The normalized spacial score (nSPS) is 14.6. The molecule has 1 saturated heterocycles. The zero-order chi connectivity index (χ0) is 22.0. The summed E-state index contributed by atoms with van der Waals surface area (Å²) >= 11 is 0. The first-order valence-electron chi connectivity index (χ1n) is 9.61. The van der Waals surface area contributed by atoms with E-state index in [0.717, 1.165) is 17.8 Å². The van der Waals surface area contributed by atoms with Gasteiger partial charge in [0, 0.05) is 37.4 Å². The van der Waals surface area contributed by atoms with Gasteiger partial charge in [-0.2, -0.15) is 13.2 Å². The molecule has 3 aromatic rings. The van der Waals surface area contributed by atoms with Gasteiger partial charge < -0.3 is 9.80 Å². The topological polar surface area (TPSA) is 49.3 Å². The van der Waals surface area contributed by atoms with Crippen LogP contribution in [0.25, 0.3) is 11.3 Å². The third-order valence-electron chi connectivity index (χ3n) is 5.12. The zero-order valence-electron chi connectivity index (χ0n) is 16.3. The summed E-state index contributed by atoms with van der Waals surface area (Å²) < 4.78 is 51.4. The lowest BCUT2D eigenvalue weighted by Gasteiger charge is -2.36. The Labute approximate surface area is 176 Å². The molecule has 0 atom stereocenters. The van der Waals surface area contributed by atoms with Crippen molar-refractivity contribution in [3.8, 4) is 11.3 Å². The predicted molar refractivity (Wildman–Crippen MR) is 107 cm³/mol. The molecule has 1 amide bonds. The van der Waals surface area contributed by atoms with Gasteiger partial charge in [-0.25, -0.2) is 9.37 Å². The molecule has 0 N–H and O–H groups in total. The number of carbonyl (C=O) groups excluding carboxylic acids is 1. The van der Waals surface area contributed by atoms with Crippen LogP contribution in [0.3, 0.4) is 0 Å². The maximum atomic E-state index is 13.1. The fourth-order valence-electron chi connectivity index (χ4n) is 3.42. The minimum Gasteiger partial charge on any atom is -0.368 e. The first-order valence-corrected chi connectivity index (χ1v) is 9.61. The van der Waals surface area contributed by atoms with Gasteiger partial charge in [0.1, 0.15) is 11.5 Å². The largest absolute Gasteiger partial charge is 0.416 e. The standard InChI is InChI=1S/C22H18F4N4O/c23-17-5-7-18(8-6-17)29-9-11-30(12-10-29)21(31)20-14-27-13-19(28-20)15-1-3-16(4-2-15)22(24,25)26/h1-8,13-14H,9-12H2. The van der Waals surface area contributed by atoms with Crippen molar-refractivity contribution in [1.29, 1.82) is 0 Å². The number of carbonyl (C=O) groups is 1. The summed E-state index contributed by atoms with van der Waals surface area (Å²) in [6.07, 6.45) is -1.66. The molecule has 1 aliphatic heterocycles. The van der Waals surface area contributed by atoms with Crippen molar-refractivity contribution in [2.24, 2.45) is 0 Å². The summed E-state index contributed by atoms with van der Waals surface area (Å²) in [5, 5.41) is 0. The van der Waals surface area contributed by atoms with Crippen LogP contribution in [-0.4, -0.2) is 47.0 Å². The molecular weight excluding hydrogens is 412 g/mol. The van der Waals surface area contributed by atoms with E-state index >= 15 is 0 Å². The van der Waals surface area contributed by atoms with Gasteiger partial charge in [-0.1, -0.05) is 12.1 Å². The minimum atomic E-state index is -4.42. The Morgan fingerprint density at radius 2 is 1.52 bits per heavy atom. The van der Waals surface area contributed by atoms with E-state index in [4.69, 9.17) is 0 Å². The number of anilines is 1. The smallest absolute Gasteiger partial charge is 0.368 e. The quantitative estimate of drug-likeness (QED) is 0.583. The van der Waals surface area contributed by atoms with Gasteiger partial charge in [-0.3, -0.25) is 9.78 Å². The second-order valence-corrected chi connectivity index (χ2v) is 7.12. The molecule has 0 radical (unpaired) electrons. The monoisotopic (exact) mass is 430 g/mol. The Morgan fingerprint density at radius 1 is 0.871 bits per heavy atom. The summed E-state index contributed by atoms with van der Waals surface area (Å²) in [5.41, 5.74) is 1.03. The van der Waals surface area contributed by atoms with Gasteiger partial charge in [0.05, 0.1) is 23.7 Å². The van der Waals surface area contributed by atoms with Crippen LogP contribution >= 0.6 is 0 Å². The van der Waals surface area contributed by atoms with Gasteiger partial charge in [0.25, 0.3) is 5.91 Å². The SMILES string of the molecule is O=C(c1cncc(-c2ccc(C(F)(F)F)cc2)n1)N1CCN(c2ccc(F)cc2)CC1. The first kappa shape index (κ1) is 20.8. The third-order valence-corrected chi connectivity index (χ3v) is 5.12. The van der Waals surface area contributed by atoms with Crippen LogP contribution in [0.2, 0.25) is 0 Å². The molecule has 0 bridgehead atoms. The molecule has 160 valence electrons. The highest BCUT2D eigenvalue weighted by Crippen LogP contribution is 2.30. The van der Waals surface area contributed by atoms with Crippen molar-refractivity contribution < 1.29 is 22.4 Å². The fourth-order valence-corrected chi connectivity index (χ4v) is 3.42. The molecule has 5 nitrogen and oxygen atoms in total. The summed E-state index contributed by atoms with van der Waals surface area (Å²) in [6, 6.07) is 10.8. The van der Waals surface area contributed by atoms with Crippen LogP contribution in [0, 0.1) is 5.82 Å². The predicted octanol–water partition coefficient (Wildman–Crippen LogP) is 4.26. The van der Waals surface area contributed by atoms with Crippen molar-refractivity contribution in [2.45, 2.75) is 6.18 Å². The van der Waals surface area contributed by atoms with E-state index in [1.165, 1.54) is 36.7 Å². The summed E-state index contributed by atoms with van der Waals surface area (Å²) in [5.74, 6) is -0.593. The molecule has 31 heavy (non-hydrogen) atoms. The number of hydrogen-bond acceptors (Lipinski definition) is 4. The number of amides is 1. The Hall–Kier alpha value is -3.49. The van der Waals surface area contributed by atoms with Crippen molar-refractivity contribution in [3.63, 3.8) is 0 Å². The van der Waals surface area contributed by atoms with Crippen molar-refractivity contribution >= 4 is 11.6 Å². The first-order chi connectivity index (χ1) is 14.8. The second-order valence-electron chi connectivity index (χ2n) is 7.12. The van der Waals surface area contributed by atoms with E-state index < -0.39 is 11.7 Å². The van der Waals surface area contributed by atoms with E-state index in [0.29, 0.717) is 37.4 Å². The van der Waals surface area contributed by atoms with Crippen molar-refractivity contribution in [1.82, 2.24) is 14.9 Å². The Kier molecular flexibility index (Phi) is 5.58. The molecule has 0 aliphatic carbocycles. The van der Waals surface area contributed by atoms with E-state index in [1.807, 2.05) is 0 Å². The van der Waals surface area contributed by atoms with Gasteiger partial charge in [0.15, 0.2) is 0 Å². The average molecular weight is 430 g/mol. The van der Waals surface area contributed by atoms with E-state index in [-0.39, 0.29) is 17.4 Å². The summed E-state index contributed by atoms with van der Waals surface area (Å²) in [6.45, 7) is 2.09. The van der Waals surface area contributed by atoms with Crippen LogP contribution in [0.5, 0.6) is 0 Å². The highest BCUT2D eigenvalue weighted by Gasteiger charge is 2.30. The van der Waals surface area contributed by atoms with Crippen LogP contribution < -0.4 is 4.90 Å². The number of alkyl halides is 3. The number of hydrogen-bond donors (Lipinski definition) is 0. The number of piperazine rings is 1. The molecule has 1 fully saturated rings. The van der Waals surface area contributed by atoms with Gasteiger partial charge >= 0.3 is 6.18 Å². The lowest BCUT2D eigenvalue weighted by molar-refractivity contribution is -0.137. The van der Waals surface area contributed by atoms with E-state index in [2.05, 4.69) is 14.9 Å². The van der Waals surface area contributed by atoms with Gasteiger partial charge in [-0.15, -0.1) is 0 Å². The Bertz CT molecular complexity index is 1060. The number of nitrogens with zero attached hydrogens (tertiary/aromatic N) is 4. The molecule has 0 spiro atoms. The van der Waals surface area contributed by atoms with Crippen molar-refractivity contribution in [2.75, 3.05) is 31.1 Å². The lowest BCUT2D eigenvalue weighted by atomic mass is 10.1. The summed E-state index contributed by atoms with van der Waals surface area (Å²) in [7, 11) is 0. The van der Waals surface area contributed by atoms with Crippen LogP contribution in [0.4, 0.5) is 23.2 Å². The molecule has 4 rings (SSSR count). The molecule has 2 heterocycles. The second kappa shape index (κ2) is 8.33. The highest BCUT2D eigenvalue weighted by atomic mass is 19.4. The molecule has 0 unspecified atom stereocenters. The molecule has 1 aromatic heterocycles. The van der Waals surface area contributed by atoms with E-state index in [9.17, 15) is 22.4 Å². The van der Waals surface area contributed by atoms with Gasteiger partial charge in [-0.05, 0) is 36.4 Å². The maximum Gasteiger partial charge on any atom is 0.416 e. The molecular formula is C22H18F4N4O. The molecule has 9 heteroatoms. The molecule has 2 aromatic carbocycles. The zero-order valence-corrected chi connectivity index (χ0v) is 16.3. The molecule has 1 aliphatic rings. The average Bonchev–Trinajstić information content (AvgIpc) is 2.79. The number of rotatable bonds is 3. The van der Waals surface area contributed by atoms with Crippen LogP contribution in [0.15, 0.2) is 60.9 Å². The number of benzene rings is 2. The van der Waals surface area contributed by atoms with E-state index in [1.54, 1.807) is 17.0 Å². The number of halogens is 4. The fraction of sp³-hybridized carbons (Fsp3) is 0.227. The summed E-state index contributed by atoms with van der Waals surface area (Å²) in [4.78, 5) is 24.9. The lowest BCUT2D eigenvalue weighted by Crippen LogP contribution is -2.49. The molecule has 0 saturated carbocycles. The third kappa shape index (κ3) is 4.65. The van der Waals surface area contributed by atoms with Crippen molar-refractivity contribution in [3.05, 3.63) is 78.0 Å². The van der Waals surface area contributed by atoms with Crippen LogP contribution in [-0.2, 0) is 6.18 Å². The Balaban J connectivity index is 1.44.